The number of halogens is 2. The highest BCUT2D eigenvalue weighted by Crippen LogP contribution is 2.78. The number of carbonyl (C=O) groups is 6. The van der Waals surface area contributed by atoms with Crippen LogP contribution in [-0.2, 0) is 79.9 Å². The number of ether oxygens (including phenoxy) is 8. The third kappa shape index (κ3) is 15.9. The Kier molecular flexibility index (Phi) is 28.4. The Hall–Kier alpha value is -4.40. The summed E-state index contributed by atoms with van der Waals surface area (Å²) >= 11 is 4.74. The van der Waals surface area contributed by atoms with E-state index in [2.05, 4.69) is 109 Å². The van der Waals surface area contributed by atoms with Crippen molar-refractivity contribution in [2.45, 2.75) is 265 Å². The molecule has 6 saturated carbocycles. The number of esters is 5. The Morgan fingerprint density at radius 1 is 0.551 bits per heavy atom. The minimum Gasteiger partial charge on any atom is -1.00 e. The van der Waals surface area contributed by atoms with Gasteiger partial charge in [0.25, 0.3) is 0 Å². The second kappa shape index (κ2) is 34.5. The number of carboxylic acid groups (broad SMARTS) is 1. The molecular formula is C89H133ClIO16-. The van der Waals surface area contributed by atoms with Gasteiger partial charge in [0.05, 0.1) is 44.4 Å². The summed E-state index contributed by atoms with van der Waals surface area (Å²) in [6, 6.07) is 20.0. The van der Waals surface area contributed by atoms with Crippen LogP contribution in [0.2, 0.25) is 0 Å². The molecule has 3 aliphatic heterocycles. The molecule has 2 aromatic rings. The number of hydrogen-bond donors (Lipinski definition) is 2. The number of benzene rings is 2. The van der Waals surface area contributed by atoms with Crippen LogP contribution in [0.1, 0.15) is 239 Å². The van der Waals surface area contributed by atoms with E-state index in [1.807, 2.05) is 67.6 Å². The van der Waals surface area contributed by atoms with Crippen molar-refractivity contribution in [1.29, 1.82) is 0 Å². The molecule has 2 N–H and O–H groups in total. The Morgan fingerprint density at radius 2 is 0.953 bits per heavy atom. The Balaban J connectivity index is 0.000000236. The van der Waals surface area contributed by atoms with E-state index in [1.165, 1.54) is 37.8 Å². The molecule has 2 aromatic carbocycles. The zero-order valence-electron chi connectivity index (χ0n) is 67.1. The fourth-order valence-electron chi connectivity index (χ4n) is 24.5. The molecular weight excluding hydrogens is 1490 g/mol. The molecule has 3 saturated heterocycles. The molecule has 0 amide bonds. The first-order valence-corrected chi connectivity index (χ1v) is 40.6. The molecule has 600 valence electrons. The van der Waals surface area contributed by atoms with E-state index in [4.69, 9.17) is 54.6 Å². The van der Waals surface area contributed by atoms with Gasteiger partial charge in [-0.05, 0) is 187 Å². The molecule has 0 aromatic heterocycles. The Labute approximate surface area is 663 Å². The number of carboxylic acids is 1. The van der Waals surface area contributed by atoms with Crippen LogP contribution in [0.3, 0.4) is 0 Å². The van der Waals surface area contributed by atoms with Crippen molar-refractivity contribution in [3.05, 3.63) is 95.1 Å². The maximum Gasteiger partial charge on any atom is 0.318 e. The highest BCUT2D eigenvalue weighted by molar-refractivity contribution is 6.26. The second-order valence-electron chi connectivity index (χ2n) is 36.9. The van der Waals surface area contributed by atoms with Gasteiger partial charge in [-0.2, -0.15) is 0 Å². The van der Waals surface area contributed by atoms with Crippen molar-refractivity contribution in [2.75, 3.05) is 45.5 Å². The fourth-order valence-corrected chi connectivity index (χ4v) is 24.5. The monoisotopic (exact) mass is 1620 g/mol. The van der Waals surface area contributed by atoms with Crippen LogP contribution >= 0.6 is 11.6 Å². The number of fused-ring (bicyclic) bond motifs is 6. The third-order valence-corrected chi connectivity index (χ3v) is 31.1. The van der Waals surface area contributed by atoms with Crippen molar-refractivity contribution in [1.82, 2.24) is 0 Å². The van der Waals surface area contributed by atoms with E-state index < -0.39 is 41.2 Å². The highest BCUT2D eigenvalue weighted by Gasteiger charge is 2.75. The van der Waals surface area contributed by atoms with Gasteiger partial charge < -0.3 is 72.1 Å². The quantitative estimate of drug-likeness (QED) is 0.0525. The normalized spacial score (nSPS) is 39.4. The number of aliphatic carboxylic acids is 1. The molecule has 18 heteroatoms. The smallest absolute Gasteiger partial charge is 0.318 e. The van der Waals surface area contributed by atoms with Crippen molar-refractivity contribution in [3.63, 3.8) is 0 Å². The van der Waals surface area contributed by atoms with Gasteiger partial charge in [-0.25, -0.2) is 0 Å². The van der Waals surface area contributed by atoms with Crippen molar-refractivity contribution in [2.24, 2.45) is 113 Å². The molecule has 8 aliphatic carbocycles. The van der Waals surface area contributed by atoms with Gasteiger partial charge in [0.15, 0.2) is 0 Å². The molecule has 4 bridgehead atoms. The topological polar surface area (TPSA) is 217 Å². The van der Waals surface area contributed by atoms with Crippen LogP contribution < -0.4 is 24.0 Å². The summed E-state index contributed by atoms with van der Waals surface area (Å²) in [7, 11) is 0. The lowest BCUT2D eigenvalue weighted by Crippen LogP contribution is -3.00. The molecule has 11 aliphatic rings. The van der Waals surface area contributed by atoms with E-state index in [0.29, 0.717) is 82.4 Å². The number of carbonyl (C=O) groups excluding carboxylic acids is 5. The zero-order valence-corrected chi connectivity index (χ0v) is 70.0. The lowest BCUT2D eigenvalue weighted by atomic mass is 9.34. The van der Waals surface area contributed by atoms with Gasteiger partial charge in [0.2, 0.25) is 0 Å². The van der Waals surface area contributed by atoms with Crippen LogP contribution in [0.15, 0.2) is 84.0 Å². The van der Waals surface area contributed by atoms with Crippen LogP contribution in [0.5, 0.6) is 0 Å². The first kappa shape index (κ1) is 88.2. The van der Waals surface area contributed by atoms with Crippen molar-refractivity contribution in [3.8, 4) is 0 Å². The summed E-state index contributed by atoms with van der Waals surface area (Å²) in [5, 5.41) is 19.1. The van der Waals surface area contributed by atoms with E-state index in [1.54, 1.807) is 0 Å². The number of hydrogen-bond acceptors (Lipinski definition) is 15. The average molecular weight is 1620 g/mol. The van der Waals surface area contributed by atoms with Gasteiger partial charge >= 0.3 is 35.8 Å². The Morgan fingerprint density at radius 3 is 1.34 bits per heavy atom. The van der Waals surface area contributed by atoms with Crippen LogP contribution in [0.4, 0.5) is 0 Å². The van der Waals surface area contributed by atoms with Crippen LogP contribution in [0, 0.1) is 113 Å². The summed E-state index contributed by atoms with van der Waals surface area (Å²) < 4.78 is 48.6. The highest BCUT2D eigenvalue weighted by atomic mass is 127. The van der Waals surface area contributed by atoms with Crippen LogP contribution in [0.25, 0.3) is 0 Å². The third-order valence-electron chi connectivity index (χ3n) is 30.9. The van der Waals surface area contributed by atoms with Crippen molar-refractivity contribution >= 4 is 47.4 Å². The molecule has 13 rings (SSSR count). The minimum atomic E-state index is -0.980. The van der Waals surface area contributed by atoms with Gasteiger partial charge in [-0.15, -0.1) is 11.6 Å². The second-order valence-corrected chi connectivity index (χ2v) is 37.1. The SMILES string of the molecule is C.C1CCOC1.CC(=O)O[C@@H]1C[C@@]23COC[C@](C)([C@@H]2CC[C@H]2C3=CC[C@@]3(C)[C@H](C(=O)OCc4ccccc4)[C@@](C)([C@H](C)C(C)C)CC[C@]23C)[C@H]1O.CCCC(=O)O[C@H]1[C@H](OC(C)=O)C[C@@]23COC[C@]1(C)[C@@H]2CC[C@H]1C3=CC[C@@]2(C)[C@H](C(=O)OCc3ccccc3)[C@@](C)([C@H](C)C(C)C)CC[C@]12C.O=C(O)CCl.[I-]. The number of allylic oxidation sites excluding steroid dienone is 2. The number of alkyl halides is 1. The lowest BCUT2D eigenvalue weighted by molar-refractivity contribution is -0.263. The first-order valence-electron chi connectivity index (χ1n) is 40.0. The van der Waals surface area contributed by atoms with E-state index in [0.717, 1.165) is 88.5 Å². The van der Waals surface area contributed by atoms with Gasteiger partial charge in [0.1, 0.15) is 37.4 Å². The molecule has 22 atom stereocenters. The summed E-state index contributed by atoms with van der Waals surface area (Å²) in [5.41, 5.74) is 1.99. The molecule has 107 heavy (non-hydrogen) atoms. The van der Waals surface area contributed by atoms with Gasteiger partial charge in [-0.1, -0.05) is 195 Å². The van der Waals surface area contributed by atoms with Gasteiger partial charge in [-0.3, -0.25) is 28.8 Å². The first-order chi connectivity index (χ1) is 49.5. The van der Waals surface area contributed by atoms with Gasteiger partial charge in [0, 0.05) is 55.1 Å². The van der Waals surface area contributed by atoms with Crippen molar-refractivity contribution < 1.29 is 101 Å². The average Bonchev–Trinajstić information content (AvgIpc) is 0.714. The maximum absolute atomic E-state index is 14.7. The summed E-state index contributed by atoms with van der Waals surface area (Å²) in [5.74, 6) is -0.271. The molecule has 0 unspecified atom stereocenters. The van der Waals surface area contributed by atoms with E-state index in [9.17, 15) is 33.9 Å². The fraction of sp³-hybridized carbons (Fsp3) is 0.753. The lowest BCUT2D eigenvalue weighted by Gasteiger charge is -2.71. The predicted molar refractivity (Wildman–Crippen MR) is 411 cm³/mol. The summed E-state index contributed by atoms with van der Waals surface area (Å²) in [4.78, 5) is 76.2. The number of aliphatic hydroxyl groups is 1. The molecule has 16 nitrogen and oxygen atoms in total. The molecule has 3 heterocycles. The minimum absolute atomic E-state index is 0. The van der Waals surface area contributed by atoms with E-state index >= 15 is 0 Å². The van der Waals surface area contributed by atoms with E-state index in [-0.39, 0.29) is 153 Å². The zero-order chi connectivity index (χ0) is 76.7. The number of aliphatic hydroxyl groups excluding tert-OH is 1. The summed E-state index contributed by atoms with van der Waals surface area (Å²) in [6.45, 7) is 42.1. The maximum atomic E-state index is 14.7. The summed E-state index contributed by atoms with van der Waals surface area (Å²) in [6.07, 6.45) is 16.9. The predicted octanol–water partition coefficient (Wildman–Crippen LogP) is 15.2. The standard InChI is InChI=1S/C43H62O7.C39H56O6.C4H8O.C2H3ClO2.CH4.HI/c1-10-14-35(45)50-37-33(49-29(5)44)23-43-26-47-25-40(37,7)34(43)18-17-31-32(43)19-20-42(9)36(38(46)48-24-30-15-12-11-13-16-30)39(6,28(4)27(2)3)21-22-41(31,42)8;1-24(2)25(3)35(5)18-19-37(7)28-14-15-31-36(6)22-43-23-39(31,20-30(33(36)41)45-26(4)40)29(28)16-17-38(37,8)32(35)34(42)44-21-27-12-10-9-11-13-27;1-2-4-5-3-1;3-1-2(4)5;;/h11-13,15-16,19,27-28,31,33-34,36-37H,10,14,17-18,20-26H2,1-9H3;9-13,16,24-25,28,30-33,41H,14-15,17-23H2,1-8H3;1-4H2;1H2,(H,4,5);1H4;1H/p-1/t28-,31+,33-,34+,36-,37+,39-,40-,41-,42+,43+;25-,28+,30-,31+,32-,33+,35-,36-,37-,38+,39+;;;;/m11..../s1. The largest absolute Gasteiger partial charge is 1.00 e. The van der Waals surface area contributed by atoms with Crippen LogP contribution in [-0.4, -0.2) is 116 Å². The molecule has 0 spiro atoms. The molecule has 0 radical (unpaired) electrons. The Bertz CT molecular complexity index is 3480. The molecule has 9 fully saturated rings. The number of rotatable bonds is 16.